The molecule has 0 fully saturated rings. The number of oxime groups is 1. The number of rotatable bonds is 3. The third kappa shape index (κ3) is 3.09. The monoisotopic (exact) mass is 365 g/mol. The molecule has 0 saturated carbocycles. The van der Waals surface area contributed by atoms with Crippen molar-refractivity contribution in [2.45, 2.75) is 20.0 Å². The summed E-state index contributed by atoms with van der Waals surface area (Å²) in [7, 11) is 0. The molecule has 6 nitrogen and oxygen atoms in total. The molecule has 1 aliphatic heterocycles. The van der Waals surface area contributed by atoms with E-state index >= 15 is 0 Å². The van der Waals surface area contributed by atoms with Crippen LogP contribution in [0.3, 0.4) is 0 Å². The van der Waals surface area contributed by atoms with Crippen molar-refractivity contribution in [3.05, 3.63) is 40.9 Å². The second kappa shape index (κ2) is 6.39. The molecule has 1 aromatic heterocycles. The van der Waals surface area contributed by atoms with Gasteiger partial charge in [0, 0.05) is 22.4 Å². The summed E-state index contributed by atoms with van der Waals surface area (Å²) >= 11 is 3.56. The summed E-state index contributed by atoms with van der Waals surface area (Å²) < 4.78 is 13.9. The van der Waals surface area contributed by atoms with Crippen LogP contribution in [0.4, 0.5) is 0 Å². The zero-order valence-corrected chi connectivity index (χ0v) is 13.9. The van der Waals surface area contributed by atoms with Crippen LogP contribution in [0.1, 0.15) is 19.4 Å². The molecule has 0 saturated heterocycles. The van der Waals surface area contributed by atoms with Gasteiger partial charge in [-0.05, 0) is 41.9 Å². The van der Waals surface area contributed by atoms with Crippen molar-refractivity contribution in [3.8, 4) is 11.5 Å². The number of imidazole rings is 1. The van der Waals surface area contributed by atoms with Gasteiger partial charge in [-0.15, -0.1) is 0 Å². The Morgan fingerprint density at radius 3 is 2.68 bits per heavy atom. The molecule has 2 aromatic rings. The van der Waals surface area contributed by atoms with Gasteiger partial charge in [-0.25, -0.2) is 4.98 Å². The molecule has 7 heteroatoms. The first-order valence-electron chi connectivity index (χ1n) is 6.97. The van der Waals surface area contributed by atoms with Crippen LogP contribution in [0.25, 0.3) is 0 Å². The highest BCUT2D eigenvalue weighted by molar-refractivity contribution is 9.10. The van der Waals surface area contributed by atoms with E-state index in [1.165, 1.54) is 0 Å². The molecule has 116 valence electrons. The van der Waals surface area contributed by atoms with E-state index in [0.29, 0.717) is 24.8 Å². The first kappa shape index (κ1) is 14.9. The van der Waals surface area contributed by atoms with Gasteiger partial charge >= 0.3 is 0 Å². The molecule has 22 heavy (non-hydrogen) atoms. The Labute approximate surface area is 136 Å². The lowest BCUT2D eigenvalue weighted by Gasteiger charge is -2.20. The normalized spacial score (nSPS) is 14.3. The van der Waals surface area contributed by atoms with E-state index in [1.54, 1.807) is 17.1 Å². The fourth-order valence-electron chi connectivity index (χ4n) is 2.01. The topological polar surface area (TPSA) is 57.9 Å². The Kier molecular flexibility index (Phi) is 4.33. The fraction of sp³-hybridized carbons (Fsp3) is 0.333. The number of ether oxygens (including phenoxy) is 2. The highest BCUT2D eigenvalue weighted by atomic mass is 79.9. The predicted octanol–water partition coefficient (Wildman–Crippen LogP) is 3.05. The molecular weight excluding hydrogens is 350 g/mol. The van der Waals surface area contributed by atoms with E-state index in [9.17, 15) is 0 Å². The quantitative estimate of drug-likeness (QED) is 0.476. The van der Waals surface area contributed by atoms with Crippen molar-refractivity contribution < 1.29 is 14.3 Å². The molecule has 1 aliphatic rings. The number of hydrogen-bond acceptors (Lipinski definition) is 5. The number of nitrogens with zero attached hydrogens (tertiary/aromatic N) is 3. The molecule has 0 spiro atoms. The molecule has 0 bridgehead atoms. The summed E-state index contributed by atoms with van der Waals surface area (Å²) in [6, 6.07) is 3.77. The van der Waals surface area contributed by atoms with Crippen LogP contribution in [0, 0.1) is 0 Å². The van der Waals surface area contributed by atoms with E-state index in [-0.39, 0.29) is 6.10 Å². The van der Waals surface area contributed by atoms with Gasteiger partial charge in [0.05, 0.1) is 0 Å². The van der Waals surface area contributed by atoms with Crippen molar-refractivity contribution in [2.75, 3.05) is 13.2 Å². The lowest BCUT2D eigenvalue weighted by Crippen LogP contribution is -2.18. The summed E-state index contributed by atoms with van der Waals surface area (Å²) in [5.74, 6) is 2.04. The number of hydrogen-bond donors (Lipinski definition) is 0. The maximum atomic E-state index is 5.65. The third-order valence-electron chi connectivity index (χ3n) is 2.97. The molecule has 0 N–H and O–H groups in total. The third-order valence-corrected chi connectivity index (χ3v) is 3.63. The van der Waals surface area contributed by atoms with Gasteiger partial charge in [-0.1, -0.05) is 5.16 Å². The average molecular weight is 366 g/mol. The SMILES string of the molecule is CC(C)O/N=C(\c1cc2c(cc1Br)OCCO2)n1ccnc1. The highest BCUT2D eigenvalue weighted by Gasteiger charge is 2.19. The summed E-state index contributed by atoms with van der Waals surface area (Å²) in [5.41, 5.74) is 0.836. The van der Waals surface area contributed by atoms with Gasteiger partial charge in [0.2, 0.25) is 0 Å². The van der Waals surface area contributed by atoms with E-state index in [0.717, 1.165) is 15.8 Å². The molecule has 0 unspecified atom stereocenters. The van der Waals surface area contributed by atoms with Crippen molar-refractivity contribution >= 4 is 21.8 Å². The van der Waals surface area contributed by atoms with E-state index in [2.05, 4.69) is 26.1 Å². The molecule has 0 amide bonds. The van der Waals surface area contributed by atoms with Crippen molar-refractivity contribution in [1.82, 2.24) is 9.55 Å². The summed E-state index contributed by atoms with van der Waals surface area (Å²) in [5, 5.41) is 4.26. The zero-order valence-electron chi connectivity index (χ0n) is 12.3. The molecule has 0 atom stereocenters. The number of halogens is 1. The van der Waals surface area contributed by atoms with Gasteiger partial charge in [-0.2, -0.15) is 0 Å². The largest absolute Gasteiger partial charge is 0.486 e. The van der Waals surface area contributed by atoms with Crippen LogP contribution in [-0.4, -0.2) is 34.7 Å². The minimum Gasteiger partial charge on any atom is -0.486 e. The van der Waals surface area contributed by atoms with E-state index in [4.69, 9.17) is 14.3 Å². The Morgan fingerprint density at radius 1 is 1.32 bits per heavy atom. The smallest absolute Gasteiger partial charge is 0.186 e. The number of benzene rings is 1. The predicted molar refractivity (Wildman–Crippen MR) is 85.5 cm³/mol. The van der Waals surface area contributed by atoms with Gasteiger partial charge < -0.3 is 14.3 Å². The molecule has 2 heterocycles. The van der Waals surface area contributed by atoms with Crippen LogP contribution in [-0.2, 0) is 4.84 Å². The minimum absolute atomic E-state index is 0.0190. The minimum atomic E-state index is -0.0190. The second-order valence-corrected chi connectivity index (χ2v) is 5.87. The maximum absolute atomic E-state index is 5.65. The Morgan fingerprint density at radius 2 is 2.05 bits per heavy atom. The molecule has 0 radical (unpaired) electrons. The van der Waals surface area contributed by atoms with Crippen LogP contribution >= 0.6 is 15.9 Å². The lowest BCUT2D eigenvalue weighted by molar-refractivity contribution is 0.0853. The van der Waals surface area contributed by atoms with Crippen LogP contribution < -0.4 is 9.47 Å². The maximum Gasteiger partial charge on any atom is 0.186 e. The van der Waals surface area contributed by atoms with Gasteiger partial charge in [0.15, 0.2) is 17.3 Å². The van der Waals surface area contributed by atoms with Crippen LogP contribution in [0.15, 0.2) is 40.5 Å². The molecule has 0 aliphatic carbocycles. The van der Waals surface area contributed by atoms with E-state index in [1.807, 2.05) is 32.2 Å². The van der Waals surface area contributed by atoms with E-state index < -0.39 is 0 Å². The van der Waals surface area contributed by atoms with Crippen LogP contribution in [0.5, 0.6) is 11.5 Å². The number of aromatic nitrogens is 2. The summed E-state index contributed by atoms with van der Waals surface area (Å²) in [4.78, 5) is 9.50. The fourth-order valence-corrected chi connectivity index (χ4v) is 2.51. The second-order valence-electron chi connectivity index (χ2n) is 5.01. The standard InChI is InChI=1S/C15H16BrN3O3/c1-10(2)22-18-15(19-4-3-17-9-19)11-7-13-14(8-12(11)16)21-6-5-20-13/h3-4,7-10H,5-6H2,1-2H3/b18-15+. The van der Waals surface area contributed by atoms with Gasteiger partial charge in [-0.3, -0.25) is 4.57 Å². The van der Waals surface area contributed by atoms with Crippen molar-refractivity contribution in [1.29, 1.82) is 0 Å². The molecule has 3 rings (SSSR count). The van der Waals surface area contributed by atoms with Crippen LogP contribution in [0.2, 0.25) is 0 Å². The first-order chi connectivity index (χ1) is 10.6. The average Bonchev–Trinajstić information content (AvgIpc) is 3.01. The lowest BCUT2D eigenvalue weighted by atomic mass is 10.1. The first-order valence-corrected chi connectivity index (χ1v) is 7.76. The highest BCUT2D eigenvalue weighted by Crippen LogP contribution is 2.36. The summed E-state index contributed by atoms with van der Waals surface area (Å²) in [6.45, 7) is 4.94. The van der Waals surface area contributed by atoms with Gasteiger partial charge in [0.25, 0.3) is 0 Å². The Balaban J connectivity index is 2.06. The molecule has 1 aromatic carbocycles. The molecular formula is C15H16BrN3O3. The summed E-state index contributed by atoms with van der Waals surface area (Å²) in [6.07, 6.45) is 5.16. The number of fused-ring (bicyclic) bond motifs is 1. The zero-order chi connectivity index (χ0) is 15.5. The Bertz CT molecular complexity index is 684. The van der Waals surface area contributed by atoms with Gasteiger partial charge in [0.1, 0.15) is 25.6 Å². The van der Waals surface area contributed by atoms with Crippen molar-refractivity contribution in [3.63, 3.8) is 0 Å². The van der Waals surface area contributed by atoms with Crippen molar-refractivity contribution in [2.24, 2.45) is 5.16 Å². The Hall–Kier alpha value is -2.02.